The highest BCUT2D eigenvalue weighted by Gasteiger charge is 2.45. The minimum absolute atomic E-state index is 0.285. The van der Waals surface area contributed by atoms with E-state index in [1.165, 1.54) is 44.1 Å². The largest absolute Gasteiger partial charge is 0.455 e. The van der Waals surface area contributed by atoms with Crippen LogP contribution in [0, 0.1) is 29.1 Å². The van der Waals surface area contributed by atoms with Gasteiger partial charge in [0.2, 0.25) is 0 Å². The number of rotatable bonds is 5. The van der Waals surface area contributed by atoms with Crippen LogP contribution >= 0.6 is 0 Å². The highest BCUT2D eigenvalue weighted by atomic mass is 16.3. The summed E-state index contributed by atoms with van der Waals surface area (Å²) >= 11 is 0. The second kappa shape index (κ2) is 11.0. The summed E-state index contributed by atoms with van der Waals surface area (Å²) in [5.74, 6) is 4.36. The minimum atomic E-state index is 0.285. The first kappa shape index (κ1) is 27.7. The van der Waals surface area contributed by atoms with E-state index in [4.69, 9.17) is 19.4 Å². The molecule has 0 saturated heterocycles. The zero-order valence-electron chi connectivity index (χ0n) is 25.8. The number of fused-ring (bicyclic) bond motifs is 5. The van der Waals surface area contributed by atoms with Crippen molar-refractivity contribution < 1.29 is 4.42 Å². The van der Waals surface area contributed by atoms with Crippen LogP contribution in [0.15, 0.2) is 95.4 Å². The van der Waals surface area contributed by atoms with Gasteiger partial charge in [0.1, 0.15) is 11.7 Å². The Morgan fingerprint density at radius 1 is 0.756 bits per heavy atom. The van der Waals surface area contributed by atoms with Crippen molar-refractivity contribution >= 4 is 21.9 Å². The fraction of sp³-hybridized carbons (Fsp3) is 0.300. The van der Waals surface area contributed by atoms with Crippen LogP contribution in [0.1, 0.15) is 63.5 Å². The SMILES string of the molecule is CC[C@@H]1C[C@@H]2C[C@H](C)CC(c3ccc(-c4nc(-c5ccccc5)nc(-c5ccc6oc7c(C#N)cccc7c6c5)n4)cc3)(C1)C2. The third-order valence-electron chi connectivity index (χ3n) is 10.4. The first-order chi connectivity index (χ1) is 22.0. The summed E-state index contributed by atoms with van der Waals surface area (Å²) in [7, 11) is 0. The first-order valence-electron chi connectivity index (χ1n) is 16.3. The number of nitrogens with zero attached hydrogens (tertiary/aromatic N) is 4. The lowest BCUT2D eigenvalue weighted by molar-refractivity contribution is 0.0702. The van der Waals surface area contributed by atoms with Crippen molar-refractivity contribution in [2.45, 2.75) is 57.8 Å². The van der Waals surface area contributed by atoms with E-state index in [0.717, 1.165) is 50.8 Å². The molecule has 2 aromatic heterocycles. The van der Waals surface area contributed by atoms with E-state index < -0.39 is 0 Å². The quantitative estimate of drug-likeness (QED) is 0.200. The summed E-state index contributed by atoms with van der Waals surface area (Å²) in [6.07, 6.45) is 7.97. The average Bonchev–Trinajstić information content (AvgIpc) is 3.46. The molecule has 8 rings (SSSR count). The van der Waals surface area contributed by atoms with Gasteiger partial charge in [0.15, 0.2) is 23.1 Å². The predicted octanol–water partition coefficient (Wildman–Crippen LogP) is 10.1. The molecule has 5 nitrogen and oxygen atoms in total. The molecule has 2 aliphatic rings. The van der Waals surface area contributed by atoms with Gasteiger partial charge in [-0.2, -0.15) is 5.26 Å². The fourth-order valence-corrected chi connectivity index (χ4v) is 8.51. The number of nitriles is 1. The Balaban J connectivity index is 1.22. The Bertz CT molecular complexity index is 2070. The Kier molecular flexibility index (Phi) is 6.75. The van der Waals surface area contributed by atoms with Crippen molar-refractivity contribution in [3.63, 3.8) is 0 Å². The lowest BCUT2D eigenvalue weighted by Gasteiger charge is -2.51. The van der Waals surface area contributed by atoms with Gasteiger partial charge in [-0.1, -0.05) is 87.0 Å². The van der Waals surface area contributed by atoms with Gasteiger partial charge in [-0.3, -0.25) is 0 Å². The lowest BCUT2D eigenvalue weighted by atomic mass is 9.54. The normalized spacial score (nSPS) is 22.8. The molecule has 0 N–H and O–H groups in total. The standard InChI is InChI=1S/C40H36N4O/c1-3-26-19-27-18-25(2)21-40(22-26,23-27)32-15-12-29(13-16-32)38-42-37(28-8-5-4-6-9-28)43-39(44-38)30-14-17-35-34(20-30)33-11-7-10-31(24-41)36(33)45-35/h4-17,20,25-27H,3,18-19,21-23H2,1-2H3/t25-,26+,27-,40?/m0/s1. The van der Waals surface area contributed by atoms with E-state index in [1.54, 1.807) is 6.07 Å². The molecule has 2 aliphatic carbocycles. The van der Waals surface area contributed by atoms with Crippen molar-refractivity contribution in [3.05, 3.63) is 102 Å². The Labute approximate surface area is 264 Å². The molecule has 2 fully saturated rings. The average molecular weight is 589 g/mol. The van der Waals surface area contributed by atoms with Crippen LogP contribution in [0.2, 0.25) is 0 Å². The summed E-state index contributed by atoms with van der Waals surface area (Å²) in [5.41, 5.74) is 6.44. The second-order valence-electron chi connectivity index (χ2n) is 13.5. The molecule has 6 aromatic rings. The number of aromatic nitrogens is 3. The first-order valence-corrected chi connectivity index (χ1v) is 16.3. The number of benzene rings is 4. The van der Waals surface area contributed by atoms with Gasteiger partial charge in [-0.15, -0.1) is 0 Å². The Morgan fingerprint density at radius 2 is 1.47 bits per heavy atom. The van der Waals surface area contributed by atoms with E-state index >= 15 is 0 Å². The molecule has 0 radical (unpaired) electrons. The van der Waals surface area contributed by atoms with Crippen molar-refractivity contribution in [1.29, 1.82) is 5.26 Å². The monoisotopic (exact) mass is 588 g/mol. The third kappa shape index (κ3) is 4.90. The van der Waals surface area contributed by atoms with E-state index in [0.29, 0.717) is 28.6 Å². The number of hydrogen-bond acceptors (Lipinski definition) is 5. The van der Waals surface area contributed by atoms with Crippen LogP contribution < -0.4 is 0 Å². The third-order valence-corrected chi connectivity index (χ3v) is 10.4. The minimum Gasteiger partial charge on any atom is -0.455 e. The highest BCUT2D eigenvalue weighted by molar-refractivity contribution is 6.07. The summed E-state index contributed by atoms with van der Waals surface area (Å²) in [4.78, 5) is 15.0. The molecule has 0 spiro atoms. The highest BCUT2D eigenvalue weighted by Crippen LogP contribution is 2.54. The molecule has 0 amide bonds. The van der Waals surface area contributed by atoms with Gasteiger partial charge in [0, 0.05) is 27.5 Å². The van der Waals surface area contributed by atoms with E-state index in [2.05, 4.69) is 50.2 Å². The summed E-state index contributed by atoms with van der Waals surface area (Å²) in [6, 6.07) is 33.1. The summed E-state index contributed by atoms with van der Waals surface area (Å²) in [6.45, 7) is 4.82. The van der Waals surface area contributed by atoms with Gasteiger partial charge >= 0.3 is 0 Å². The van der Waals surface area contributed by atoms with Gasteiger partial charge in [-0.25, -0.2) is 15.0 Å². The summed E-state index contributed by atoms with van der Waals surface area (Å²) < 4.78 is 6.09. The zero-order valence-corrected chi connectivity index (χ0v) is 25.8. The molecular weight excluding hydrogens is 552 g/mol. The molecule has 222 valence electrons. The molecule has 2 heterocycles. The maximum Gasteiger partial charge on any atom is 0.164 e. The Morgan fingerprint density at radius 3 is 2.20 bits per heavy atom. The molecule has 2 saturated carbocycles. The lowest BCUT2D eigenvalue weighted by Crippen LogP contribution is -2.42. The predicted molar refractivity (Wildman–Crippen MR) is 179 cm³/mol. The van der Waals surface area contributed by atoms with Crippen molar-refractivity contribution in [2.24, 2.45) is 17.8 Å². The van der Waals surface area contributed by atoms with Crippen molar-refractivity contribution in [2.75, 3.05) is 0 Å². The van der Waals surface area contributed by atoms with Crippen molar-refractivity contribution in [1.82, 2.24) is 15.0 Å². The molecule has 5 heteroatoms. The molecule has 2 bridgehead atoms. The van der Waals surface area contributed by atoms with Crippen LogP contribution in [0.3, 0.4) is 0 Å². The second-order valence-corrected chi connectivity index (χ2v) is 13.5. The zero-order chi connectivity index (χ0) is 30.5. The van der Waals surface area contributed by atoms with Gasteiger partial charge < -0.3 is 4.42 Å². The molecular formula is C40H36N4O. The van der Waals surface area contributed by atoms with Gasteiger partial charge in [0.25, 0.3) is 0 Å². The van der Waals surface area contributed by atoms with Crippen LogP contribution in [0.4, 0.5) is 0 Å². The Hall–Kier alpha value is -4.82. The molecule has 45 heavy (non-hydrogen) atoms. The number of hydrogen-bond donors (Lipinski definition) is 0. The van der Waals surface area contributed by atoms with Crippen LogP contribution in [-0.4, -0.2) is 15.0 Å². The molecule has 1 unspecified atom stereocenters. The topological polar surface area (TPSA) is 75.6 Å². The van der Waals surface area contributed by atoms with Gasteiger partial charge in [-0.05, 0) is 85.1 Å². The smallest absolute Gasteiger partial charge is 0.164 e. The van der Waals surface area contributed by atoms with E-state index in [-0.39, 0.29) is 5.41 Å². The maximum atomic E-state index is 9.60. The van der Waals surface area contributed by atoms with Gasteiger partial charge in [0.05, 0.1) is 5.56 Å². The van der Waals surface area contributed by atoms with Crippen LogP contribution in [-0.2, 0) is 5.41 Å². The van der Waals surface area contributed by atoms with Crippen LogP contribution in [0.25, 0.3) is 56.1 Å². The summed E-state index contributed by atoms with van der Waals surface area (Å²) in [5, 5.41) is 11.4. The molecule has 0 aliphatic heterocycles. The van der Waals surface area contributed by atoms with E-state index in [9.17, 15) is 5.26 Å². The van der Waals surface area contributed by atoms with E-state index in [1.807, 2.05) is 54.6 Å². The number of para-hydroxylation sites is 1. The van der Waals surface area contributed by atoms with Crippen LogP contribution in [0.5, 0.6) is 0 Å². The molecule has 4 aromatic carbocycles. The van der Waals surface area contributed by atoms with Crippen molar-refractivity contribution in [3.8, 4) is 40.2 Å². The maximum absolute atomic E-state index is 9.60. The number of furan rings is 1. The fourth-order valence-electron chi connectivity index (χ4n) is 8.51. The molecule has 4 atom stereocenters.